The van der Waals surface area contributed by atoms with Gasteiger partial charge in [0.1, 0.15) is 0 Å². The third-order valence-corrected chi connectivity index (χ3v) is 2.25. The van der Waals surface area contributed by atoms with Crippen LogP contribution < -0.4 is 0 Å². The maximum Gasteiger partial charge on any atom is 0.330 e. The molecule has 0 saturated heterocycles. The fourth-order valence-corrected chi connectivity index (χ4v) is 1.15. The number of carbonyl (C=O) groups is 2. The second kappa shape index (κ2) is 7.82. The topological polar surface area (TPSA) is 43.4 Å². The Morgan fingerprint density at radius 2 is 1.82 bits per heavy atom. The van der Waals surface area contributed by atoms with E-state index in [1.54, 1.807) is 19.1 Å². The summed E-state index contributed by atoms with van der Waals surface area (Å²) < 4.78 is 4.77. The van der Waals surface area contributed by atoms with E-state index in [1.165, 1.54) is 6.08 Å². The third-order valence-electron chi connectivity index (χ3n) is 2.25. The van der Waals surface area contributed by atoms with Crippen LogP contribution in [0.3, 0.4) is 0 Å². The second-order valence-corrected chi connectivity index (χ2v) is 4.50. The highest BCUT2D eigenvalue weighted by atomic mass is 16.5. The second-order valence-electron chi connectivity index (χ2n) is 4.50. The molecule has 0 heterocycles. The number of carbonyl (C=O) groups excluding carboxylic acids is 2. The fraction of sp³-hybridized carbons (Fsp3) is 0.571. The molecule has 0 aliphatic heterocycles. The summed E-state index contributed by atoms with van der Waals surface area (Å²) in [6.45, 7) is 8.02. The Morgan fingerprint density at radius 1 is 1.18 bits per heavy atom. The van der Waals surface area contributed by atoms with Crippen LogP contribution in [0.5, 0.6) is 0 Å². The summed E-state index contributed by atoms with van der Waals surface area (Å²) in [6, 6.07) is 0. The van der Waals surface area contributed by atoms with Gasteiger partial charge >= 0.3 is 5.97 Å². The van der Waals surface area contributed by atoms with Crippen LogP contribution >= 0.6 is 0 Å². The summed E-state index contributed by atoms with van der Waals surface area (Å²) in [6.07, 6.45) is 7.91. The first kappa shape index (κ1) is 15.6. The zero-order chi connectivity index (χ0) is 13.3. The van der Waals surface area contributed by atoms with Crippen LogP contribution in [0.2, 0.25) is 0 Å². The Bertz CT molecular complexity index is 311. The molecule has 0 spiro atoms. The quantitative estimate of drug-likeness (QED) is 0.505. The molecular formula is C14H22O3. The van der Waals surface area contributed by atoms with E-state index in [4.69, 9.17) is 4.74 Å². The lowest BCUT2D eigenvalue weighted by Gasteiger charge is -2.17. The molecule has 3 heteroatoms. The van der Waals surface area contributed by atoms with Crippen LogP contribution in [0.15, 0.2) is 24.3 Å². The molecule has 0 rings (SSSR count). The molecule has 0 aromatic carbocycles. The number of hydrogen-bond acceptors (Lipinski definition) is 3. The van der Waals surface area contributed by atoms with Crippen molar-refractivity contribution in [3.05, 3.63) is 24.3 Å². The molecule has 0 N–H and O–H groups in total. The predicted octanol–water partition coefficient (Wildman–Crippen LogP) is 3.06. The average Bonchev–Trinajstić information content (AvgIpc) is 2.26. The normalized spacial score (nSPS) is 12.2. The molecule has 3 nitrogen and oxygen atoms in total. The molecule has 0 saturated carbocycles. The lowest BCUT2D eigenvalue weighted by Crippen LogP contribution is -2.07. The van der Waals surface area contributed by atoms with Gasteiger partial charge in [-0.1, -0.05) is 32.9 Å². The summed E-state index contributed by atoms with van der Waals surface area (Å²) in [5.41, 5.74) is -0.131. The van der Waals surface area contributed by atoms with E-state index in [-0.39, 0.29) is 17.2 Å². The van der Waals surface area contributed by atoms with E-state index in [2.05, 4.69) is 0 Å². The van der Waals surface area contributed by atoms with Gasteiger partial charge in [-0.2, -0.15) is 0 Å². The van der Waals surface area contributed by atoms with Gasteiger partial charge in [0.15, 0.2) is 5.78 Å². The van der Waals surface area contributed by atoms with Crippen molar-refractivity contribution in [1.29, 1.82) is 0 Å². The SMILES string of the molecule is CCOC(=O)/C=C/CC(C)(C)/C=C/C(=O)CC. The van der Waals surface area contributed by atoms with Crippen LogP contribution in [0.1, 0.15) is 40.5 Å². The Hall–Kier alpha value is -1.38. The molecule has 0 aliphatic rings. The number of ketones is 1. The molecular weight excluding hydrogens is 216 g/mol. The lowest BCUT2D eigenvalue weighted by molar-refractivity contribution is -0.137. The van der Waals surface area contributed by atoms with Gasteiger partial charge < -0.3 is 4.74 Å². The van der Waals surface area contributed by atoms with E-state index in [0.29, 0.717) is 19.4 Å². The van der Waals surface area contributed by atoms with Crippen LogP contribution in [-0.2, 0) is 14.3 Å². The molecule has 0 amide bonds. The van der Waals surface area contributed by atoms with Crippen LogP contribution in [0.25, 0.3) is 0 Å². The lowest BCUT2D eigenvalue weighted by atomic mass is 9.88. The first-order valence-corrected chi connectivity index (χ1v) is 5.96. The molecule has 96 valence electrons. The minimum absolute atomic E-state index is 0.118. The van der Waals surface area contributed by atoms with E-state index in [1.807, 2.05) is 26.8 Å². The van der Waals surface area contributed by atoms with E-state index in [0.717, 1.165) is 0 Å². The maximum absolute atomic E-state index is 11.1. The van der Waals surface area contributed by atoms with Crippen molar-refractivity contribution in [2.75, 3.05) is 6.61 Å². The Kier molecular flexibility index (Phi) is 7.19. The zero-order valence-electron chi connectivity index (χ0n) is 11.2. The Labute approximate surface area is 104 Å². The predicted molar refractivity (Wildman–Crippen MR) is 68.6 cm³/mol. The summed E-state index contributed by atoms with van der Waals surface area (Å²) in [7, 11) is 0. The van der Waals surface area contributed by atoms with Gasteiger partial charge in [0, 0.05) is 12.5 Å². The minimum Gasteiger partial charge on any atom is -0.463 e. The van der Waals surface area contributed by atoms with Gasteiger partial charge in [-0.25, -0.2) is 4.79 Å². The number of allylic oxidation sites excluding steroid dienone is 3. The van der Waals surface area contributed by atoms with E-state index < -0.39 is 0 Å². The molecule has 0 aromatic rings. The summed E-state index contributed by atoms with van der Waals surface area (Å²) >= 11 is 0. The van der Waals surface area contributed by atoms with E-state index in [9.17, 15) is 9.59 Å². The van der Waals surface area contributed by atoms with Crippen molar-refractivity contribution in [2.24, 2.45) is 5.41 Å². The van der Waals surface area contributed by atoms with Crippen molar-refractivity contribution in [2.45, 2.75) is 40.5 Å². The molecule has 0 radical (unpaired) electrons. The fourth-order valence-electron chi connectivity index (χ4n) is 1.15. The first-order chi connectivity index (χ1) is 7.91. The van der Waals surface area contributed by atoms with Crippen LogP contribution in [0.4, 0.5) is 0 Å². The highest BCUT2D eigenvalue weighted by molar-refractivity contribution is 5.89. The molecule has 17 heavy (non-hydrogen) atoms. The highest BCUT2D eigenvalue weighted by Crippen LogP contribution is 2.22. The molecule has 0 fully saturated rings. The Balaban J connectivity index is 4.22. The summed E-state index contributed by atoms with van der Waals surface area (Å²) in [4.78, 5) is 22.2. The summed E-state index contributed by atoms with van der Waals surface area (Å²) in [5.74, 6) is -0.204. The van der Waals surface area contributed by atoms with Gasteiger partial charge in [0.25, 0.3) is 0 Å². The van der Waals surface area contributed by atoms with Crippen molar-refractivity contribution >= 4 is 11.8 Å². The third kappa shape index (κ3) is 8.43. The standard InChI is InChI=1S/C14H22O3/c1-5-12(15)9-11-14(3,4)10-7-8-13(16)17-6-2/h7-9,11H,5-6,10H2,1-4H3/b8-7+,11-9+. The summed E-state index contributed by atoms with van der Waals surface area (Å²) in [5, 5.41) is 0. The average molecular weight is 238 g/mol. The van der Waals surface area contributed by atoms with Gasteiger partial charge in [0.05, 0.1) is 6.61 Å². The van der Waals surface area contributed by atoms with E-state index >= 15 is 0 Å². The monoisotopic (exact) mass is 238 g/mol. The smallest absolute Gasteiger partial charge is 0.330 e. The number of hydrogen-bond donors (Lipinski definition) is 0. The number of rotatable bonds is 7. The first-order valence-electron chi connectivity index (χ1n) is 5.96. The van der Waals surface area contributed by atoms with Gasteiger partial charge in [0.2, 0.25) is 0 Å². The van der Waals surface area contributed by atoms with Gasteiger partial charge in [-0.15, -0.1) is 0 Å². The Morgan fingerprint density at radius 3 is 2.35 bits per heavy atom. The molecule has 0 unspecified atom stereocenters. The molecule has 0 bridgehead atoms. The minimum atomic E-state index is -0.322. The van der Waals surface area contributed by atoms with Crippen LogP contribution in [-0.4, -0.2) is 18.4 Å². The van der Waals surface area contributed by atoms with Crippen molar-refractivity contribution in [1.82, 2.24) is 0 Å². The van der Waals surface area contributed by atoms with Crippen molar-refractivity contribution < 1.29 is 14.3 Å². The number of esters is 1. The van der Waals surface area contributed by atoms with Crippen molar-refractivity contribution in [3.63, 3.8) is 0 Å². The number of ether oxygens (including phenoxy) is 1. The van der Waals surface area contributed by atoms with Gasteiger partial charge in [-0.3, -0.25) is 4.79 Å². The zero-order valence-corrected chi connectivity index (χ0v) is 11.2. The maximum atomic E-state index is 11.1. The molecule has 0 atom stereocenters. The molecule has 0 aliphatic carbocycles. The highest BCUT2D eigenvalue weighted by Gasteiger charge is 2.12. The molecule has 0 aromatic heterocycles. The van der Waals surface area contributed by atoms with Crippen molar-refractivity contribution in [3.8, 4) is 0 Å². The van der Waals surface area contributed by atoms with Crippen LogP contribution in [0, 0.1) is 5.41 Å². The van der Waals surface area contributed by atoms with Gasteiger partial charge in [-0.05, 0) is 24.8 Å². The largest absolute Gasteiger partial charge is 0.463 e.